The monoisotopic (exact) mass is 429 g/mol. The number of nitrogens with zero attached hydrogens (tertiary/aromatic N) is 1. The molecule has 1 amide bonds. The van der Waals surface area contributed by atoms with E-state index in [0.29, 0.717) is 35.8 Å². The zero-order valence-corrected chi connectivity index (χ0v) is 18.8. The third kappa shape index (κ3) is 6.14. The molecule has 0 unspecified atom stereocenters. The van der Waals surface area contributed by atoms with Crippen LogP contribution in [0.1, 0.15) is 43.3 Å². The fourth-order valence-electron chi connectivity index (χ4n) is 3.70. The van der Waals surface area contributed by atoms with Crippen molar-refractivity contribution in [3.63, 3.8) is 0 Å². The third-order valence-corrected chi connectivity index (χ3v) is 6.21. The number of anilines is 1. The van der Waals surface area contributed by atoms with Crippen molar-refractivity contribution in [3.8, 4) is 10.4 Å². The van der Waals surface area contributed by atoms with Gasteiger partial charge in [-0.05, 0) is 31.4 Å². The number of thiophene rings is 1. The Labute approximate surface area is 182 Å². The lowest BCUT2D eigenvalue weighted by molar-refractivity contribution is -0.117. The van der Waals surface area contributed by atoms with Gasteiger partial charge >= 0.3 is 5.97 Å². The van der Waals surface area contributed by atoms with E-state index in [1.807, 2.05) is 36.4 Å². The molecule has 0 aliphatic carbocycles. The molecule has 0 atom stereocenters. The Balaban J connectivity index is 1.65. The van der Waals surface area contributed by atoms with Gasteiger partial charge in [0.2, 0.25) is 5.91 Å². The van der Waals surface area contributed by atoms with Gasteiger partial charge in [-0.1, -0.05) is 44.2 Å². The highest BCUT2D eigenvalue weighted by Crippen LogP contribution is 2.35. The highest BCUT2D eigenvalue weighted by molar-refractivity contribution is 7.18. The van der Waals surface area contributed by atoms with Crippen LogP contribution in [0.5, 0.6) is 0 Å². The van der Waals surface area contributed by atoms with Crippen LogP contribution in [-0.2, 0) is 9.53 Å². The van der Waals surface area contributed by atoms with Crippen molar-refractivity contribution >= 4 is 28.9 Å². The van der Waals surface area contributed by atoms with E-state index in [2.05, 4.69) is 29.4 Å². The minimum absolute atomic E-state index is 0.103. The highest BCUT2D eigenvalue weighted by Gasteiger charge is 2.23. The van der Waals surface area contributed by atoms with Crippen molar-refractivity contribution in [1.29, 1.82) is 0 Å². The molecular weight excluding hydrogens is 398 g/mol. The summed E-state index contributed by atoms with van der Waals surface area (Å²) in [5.41, 5.74) is 1.53. The van der Waals surface area contributed by atoms with Gasteiger partial charge in [-0.2, -0.15) is 0 Å². The predicted octanol–water partition coefficient (Wildman–Crippen LogP) is 3.99. The van der Waals surface area contributed by atoms with Crippen molar-refractivity contribution in [2.45, 2.75) is 45.7 Å². The fraction of sp³-hybridized carbons (Fsp3) is 0.478. The van der Waals surface area contributed by atoms with Crippen molar-refractivity contribution < 1.29 is 14.3 Å². The first kappa shape index (κ1) is 22.5. The smallest absolute Gasteiger partial charge is 0.350 e. The lowest BCUT2D eigenvalue weighted by atomic mass is 10.0. The summed E-state index contributed by atoms with van der Waals surface area (Å²) in [4.78, 5) is 28.7. The molecule has 0 spiro atoms. The lowest BCUT2D eigenvalue weighted by Gasteiger charge is -2.32. The molecular formula is C23H31N3O3S. The molecule has 1 aliphatic rings. The van der Waals surface area contributed by atoms with Gasteiger partial charge in [-0.3, -0.25) is 9.69 Å². The summed E-state index contributed by atoms with van der Waals surface area (Å²) in [5.74, 6) is -0.506. The second-order valence-corrected chi connectivity index (χ2v) is 8.91. The Morgan fingerprint density at radius 2 is 1.90 bits per heavy atom. The van der Waals surface area contributed by atoms with Gasteiger partial charge in [0.1, 0.15) is 4.88 Å². The van der Waals surface area contributed by atoms with Crippen LogP contribution in [0.2, 0.25) is 0 Å². The number of esters is 1. The maximum atomic E-state index is 12.7. The Morgan fingerprint density at radius 1 is 1.20 bits per heavy atom. The number of piperidine rings is 1. The molecule has 2 heterocycles. The minimum Gasteiger partial charge on any atom is -0.462 e. The largest absolute Gasteiger partial charge is 0.462 e. The summed E-state index contributed by atoms with van der Waals surface area (Å²) in [6.07, 6.45) is 2.08. The van der Waals surface area contributed by atoms with Gasteiger partial charge < -0.3 is 15.4 Å². The molecule has 1 aromatic heterocycles. The summed E-state index contributed by atoms with van der Waals surface area (Å²) in [7, 11) is 0. The molecule has 1 fully saturated rings. The van der Waals surface area contributed by atoms with Crippen LogP contribution >= 0.6 is 11.3 Å². The number of carbonyl (C=O) groups is 2. The maximum absolute atomic E-state index is 12.7. The SMILES string of the molecule is CCOC(=O)c1sc(-c2ccccc2)cc1NC(=O)CN1CCC(NC(C)C)CC1. The molecule has 1 aliphatic heterocycles. The van der Waals surface area contributed by atoms with E-state index in [4.69, 9.17) is 4.74 Å². The highest BCUT2D eigenvalue weighted by atomic mass is 32.1. The quantitative estimate of drug-likeness (QED) is 0.621. The number of likely N-dealkylation sites (tertiary alicyclic amines) is 1. The first-order valence-corrected chi connectivity index (χ1v) is 11.4. The number of hydrogen-bond donors (Lipinski definition) is 2. The van der Waals surface area contributed by atoms with Crippen molar-refractivity contribution in [2.24, 2.45) is 0 Å². The molecule has 1 saturated heterocycles. The molecule has 7 heteroatoms. The number of hydrogen-bond acceptors (Lipinski definition) is 6. The van der Waals surface area contributed by atoms with Gasteiger partial charge in [0.05, 0.1) is 18.8 Å². The van der Waals surface area contributed by atoms with E-state index in [-0.39, 0.29) is 5.91 Å². The topological polar surface area (TPSA) is 70.7 Å². The van der Waals surface area contributed by atoms with E-state index < -0.39 is 5.97 Å². The van der Waals surface area contributed by atoms with Gasteiger partial charge in [0.15, 0.2) is 0 Å². The average Bonchev–Trinajstić information content (AvgIpc) is 3.14. The van der Waals surface area contributed by atoms with Crippen molar-refractivity contribution in [2.75, 3.05) is 31.6 Å². The summed E-state index contributed by atoms with van der Waals surface area (Å²) in [6.45, 7) is 8.50. The fourth-order valence-corrected chi connectivity index (χ4v) is 4.71. The number of rotatable bonds is 8. The molecule has 0 bridgehead atoms. The molecule has 0 saturated carbocycles. The zero-order valence-electron chi connectivity index (χ0n) is 17.9. The standard InChI is InChI=1S/C23H31N3O3S/c1-4-29-23(28)22-19(14-20(30-22)17-8-6-5-7-9-17)25-21(27)15-26-12-10-18(11-13-26)24-16(2)3/h5-9,14,16,18,24H,4,10-13,15H2,1-3H3,(H,25,27). The van der Waals surface area contributed by atoms with Crippen LogP contribution in [0.3, 0.4) is 0 Å². The minimum atomic E-state index is -0.402. The first-order valence-electron chi connectivity index (χ1n) is 10.6. The number of benzene rings is 1. The van der Waals surface area contributed by atoms with Crippen LogP contribution < -0.4 is 10.6 Å². The number of carbonyl (C=O) groups excluding carboxylic acids is 2. The normalized spacial score (nSPS) is 15.3. The zero-order chi connectivity index (χ0) is 21.5. The second-order valence-electron chi connectivity index (χ2n) is 7.86. The van der Waals surface area contributed by atoms with E-state index in [1.165, 1.54) is 11.3 Å². The van der Waals surface area contributed by atoms with Crippen LogP contribution in [-0.4, -0.2) is 55.1 Å². The van der Waals surface area contributed by atoms with Crippen LogP contribution in [0.15, 0.2) is 36.4 Å². The molecule has 1 aromatic carbocycles. The number of amides is 1. The predicted molar refractivity (Wildman–Crippen MR) is 122 cm³/mol. The lowest BCUT2D eigenvalue weighted by Crippen LogP contribution is -2.46. The molecule has 162 valence electrons. The third-order valence-electron chi connectivity index (χ3n) is 5.05. The van der Waals surface area contributed by atoms with Gasteiger partial charge in [-0.15, -0.1) is 11.3 Å². The number of ether oxygens (including phenoxy) is 1. The van der Waals surface area contributed by atoms with Crippen LogP contribution in [0.25, 0.3) is 10.4 Å². The summed E-state index contributed by atoms with van der Waals surface area (Å²) in [5, 5.41) is 6.51. The average molecular weight is 430 g/mol. The van der Waals surface area contributed by atoms with Gasteiger partial charge in [0.25, 0.3) is 0 Å². The van der Waals surface area contributed by atoms with E-state index in [1.54, 1.807) is 6.92 Å². The molecule has 3 rings (SSSR count). The summed E-state index contributed by atoms with van der Waals surface area (Å²) < 4.78 is 5.20. The molecule has 0 radical (unpaired) electrons. The van der Waals surface area contributed by atoms with E-state index >= 15 is 0 Å². The number of nitrogens with one attached hydrogen (secondary N) is 2. The first-order chi connectivity index (χ1) is 14.5. The molecule has 2 N–H and O–H groups in total. The van der Waals surface area contributed by atoms with Crippen molar-refractivity contribution in [3.05, 3.63) is 41.3 Å². The Hall–Kier alpha value is -2.22. The van der Waals surface area contributed by atoms with E-state index in [0.717, 1.165) is 36.4 Å². The Kier molecular flexibility index (Phi) is 8.01. The summed E-state index contributed by atoms with van der Waals surface area (Å²) >= 11 is 1.34. The van der Waals surface area contributed by atoms with Crippen LogP contribution in [0, 0.1) is 0 Å². The van der Waals surface area contributed by atoms with Crippen LogP contribution in [0.4, 0.5) is 5.69 Å². The molecule has 30 heavy (non-hydrogen) atoms. The molecule has 6 nitrogen and oxygen atoms in total. The Bertz CT molecular complexity index is 843. The van der Waals surface area contributed by atoms with Gasteiger partial charge in [0, 0.05) is 30.1 Å². The second kappa shape index (κ2) is 10.7. The molecule has 2 aromatic rings. The Morgan fingerprint density at radius 3 is 2.53 bits per heavy atom. The van der Waals surface area contributed by atoms with E-state index in [9.17, 15) is 9.59 Å². The van der Waals surface area contributed by atoms with Gasteiger partial charge in [-0.25, -0.2) is 4.79 Å². The maximum Gasteiger partial charge on any atom is 0.350 e. The summed E-state index contributed by atoms with van der Waals surface area (Å²) in [6, 6.07) is 12.7. The van der Waals surface area contributed by atoms with Crippen molar-refractivity contribution in [1.82, 2.24) is 10.2 Å².